The Balaban J connectivity index is 2.17. The molecule has 0 aliphatic carbocycles. The van der Waals surface area contributed by atoms with Gasteiger partial charge in [-0.3, -0.25) is 4.79 Å². The number of rotatable bonds is 6. The van der Waals surface area contributed by atoms with E-state index in [4.69, 9.17) is 0 Å². The number of nitrogens with one attached hydrogen (secondary N) is 1. The van der Waals surface area contributed by atoms with Crippen LogP contribution in [0.25, 0.3) is 0 Å². The van der Waals surface area contributed by atoms with Gasteiger partial charge in [0.25, 0.3) is 5.56 Å². The van der Waals surface area contributed by atoms with E-state index in [0.717, 1.165) is 18.5 Å². The number of anilines is 1. The molecule has 0 fully saturated rings. The van der Waals surface area contributed by atoms with Gasteiger partial charge in [-0.15, -0.1) is 11.3 Å². The molecular formula is C15H20BrN3OS. The number of hydrogen-bond donors (Lipinski definition) is 1. The molecule has 2 heterocycles. The number of hydrogen-bond acceptors (Lipinski definition) is 4. The normalized spacial score (nSPS) is 12.4. The van der Waals surface area contributed by atoms with E-state index < -0.39 is 0 Å². The van der Waals surface area contributed by atoms with Crippen molar-refractivity contribution in [2.45, 2.75) is 46.2 Å². The van der Waals surface area contributed by atoms with Gasteiger partial charge in [0.2, 0.25) is 0 Å². The van der Waals surface area contributed by atoms with Crippen LogP contribution in [0, 0.1) is 6.92 Å². The maximum Gasteiger partial charge on any atom is 0.283 e. The number of nitrogens with zero attached hydrogens (tertiary/aromatic N) is 2. The van der Waals surface area contributed by atoms with E-state index >= 15 is 0 Å². The molecule has 0 spiro atoms. The van der Waals surface area contributed by atoms with Crippen LogP contribution in [0.5, 0.6) is 0 Å². The molecule has 0 saturated heterocycles. The summed E-state index contributed by atoms with van der Waals surface area (Å²) in [6.07, 6.45) is 3.72. The lowest BCUT2D eigenvalue weighted by Gasteiger charge is -2.15. The standard InChI is InChI=1S/C15H20BrN3OS/c1-4-5-8-19-15(20)14(16)12(9-17-19)18-11(3)13-7-6-10(2)21-13/h6-7,9,11,18H,4-5,8H2,1-3H3. The smallest absolute Gasteiger partial charge is 0.283 e. The lowest BCUT2D eigenvalue weighted by atomic mass is 10.2. The van der Waals surface area contributed by atoms with E-state index in [9.17, 15) is 4.79 Å². The summed E-state index contributed by atoms with van der Waals surface area (Å²) < 4.78 is 2.06. The van der Waals surface area contributed by atoms with Crippen LogP contribution in [-0.4, -0.2) is 9.78 Å². The van der Waals surface area contributed by atoms with Gasteiger partial charge in [-0.05, 0) is 48.3 Å². The van der Waals surface area contributed by atoms with Crippen molar-refractivity contribution in [3.8, 4) is 0 Å². The third-order valence-electron chi connectivity index (χ3n) is 3.27. The molecule has 2 aromatic heterocycles. The Morgan fingerprint density at radius 2 is 2.24 bits per heavy atom. The topological polar surface area (TPSA) is 46.9 Å². The second kappa shape index (κ2) is 7.22. The highest BCUT2D eigenvalue weighted by Gasteiger charge is 2.13. The first-order valence-corrected chi connectivity index (χ1v) is 8.72. The fourth-order valence-electron chi connectivity index (χ4n) is 2.02. The third-order valence-corrected chi connectivity index (χ3v) is 5.22. The van der Waals surface area contributed by atoms with Crippen LogP contribution in [0.3, 0.4) is 0 Å². The predicted molar refractivity (Wildman–Crippen MR) is 92.2 cm³/mol. The van der Waals surface area contributed by atoms with Crippen LogP contribution < -0.4 is 10.9 Å². The summed E-state index contributed by atoms with van der Waals surface area (Å²) in [5.74, 6) is 0. The van der Waals surface area contributed by atoms with E-state index in [1.807, 2.05) is 0 Å². The SMILES string of the molecule is CCCCn1ncc(NC(C)c2ccc(C)s2)c(Br)c1=O. The van der Waals surface area contributed by atoms with Crippen LogP contribution >= 0.6 is 27.3 Å². The zero-order valence-corrected chi connectivity index (χ0v) is 14.9. The molecule has 4 nitrogen and oxygen atoms in total. The van der Waals surface area contributed by atoms with E-state index in [0.29, 0.717) is 11.0 Å². The maximum atomic E-state index is 12.2. The average molecular weight is 370 g/mol. The highest BCUT2D eigenvalue weighted by molar-refractivity contribution is 9.10. The number of unbranched alkanes of at least 4 members (excludes halogenated alkanes) is 1. The highest BCUT2D eigenvalue weighted by Crippen LogP contribution is 2.27. The van der Waals surface area contributed by atoms with Crippen LogP contribution in [0.2, 0.25) is 0 Å². The second-order valence-corrected chi connectivity index (χ2v) is 7.18. The lowest BCUT2D eigenvalue weighted by molar-refractivity contribution is 0.541. The zero-order valence-electron chi connectivity index (χ0n) is 12.5. The predicted octanol–water partition coefficient (Wildman–Crippen LogP) is 4.35. The zero-order chi connectivity index (χ0) is 15.4. The number of halogens is 1. The van der Waals surface area contributed by atoms with Crippen LogP contribution in [-0.2, 0) is 6.54 Å². The molecule has 1 unspecified atom stereocenters. The van der Waals surface area contributed by atoms with E-state index in [2.05, 4.69) is 59.2 Å². The highest BCUT2D eigenvalue weighted by atomic mass is 79.9. The summed E-state index contributed by atoms with van der Waals surface area (Å²) in [6, 6.07) is 4.36. The van der Waals surface area contributed by atoms with Gasteiger partial charge in [0.05, 0.1) is 17.9 Å². The molecule has 0 bridgehead atoms. The second-order valence-electron chi connectivity index (χ2n) is 5.07. The van der Waals surface area contributed by atoms with Crippen molar-refractivity contribution >= 4 is 33.0 Å². The Kier molecular flexibility index (Phi) is 5.58. The molecule has 21 heavy (non-hydrogen) atoms. The van der Waals surface area contributed by atoms with Crippen LogP contribution in [0.1, 0.15) is 42.5 Å². The molecule has 1 N–H and O–H groups in total. The van der Waals surface area contributed by atoms with Crippen LogP contribution in [0.4, 0.5) is 5.69 Å². The van der Waals surface area contributed by atoms with Crippen molar-refractivity contribution in [2.75, 3.05) is 5.32 Å². The molecule has 0 aliphatic heterocycles. The third kappa shape index (κ3) is 3.95. The van der Waals surface area contributed by atoms with Gasteiger partial charge in [-0.1, -0.05) is 13.3 Å². The molecule has 0 saturated carbocycles. The minimum absolute atomic E-state index is 0.0805. The van der Waals surface area contributed by atoms with Gasteiger partial charge in [0.15, 0.2) is 0 Å². The Labute approximate surface area is 137 Å². The molecule has 0 aliphatic rings. The molecule has 0 amide bonds. The fraction of sp³-hybridized carbons (Fsp3) is 0.467. The van der Waals surface area contributed by atoms with Crippen molar-refractivity contribution in [2.24, 2.45) is 0 Å². The summed E-state index contributed by atoms with van der Waals surface area (Å²) in [7, 11) is 0. The summed E-state index contributed by atoms with van der Waals surface area (Å²) in [5.41, 5.74) is 0.661. The number of thiophene rings is 1. The maximum absolute atomic E-state index is 12.2. The molecule has 2 rings (SSSR count). The first-order chi connectivity index (χ1) is 10.0. The van der Waals surface area contributed by atoms with Gasteiger partial charge in [-0.2, -0.15) is 5.10 Å². The number of aryl methyl sites for hydroxylation is 2. The van der Waals surface area contributed by atoms with Gasteiger partial charge >= 0.3 is 0 Å². The largest absolute Gasteiger partial charge is 0.375 e. The van der Waals surface area contributed by atoms with E-state index in [1.54, 1.807) is 17.5 Å². The molecule has 0 aromatic carbocycles. The molecular weight excluding hydrogens is 350 g/mol. The van der Waals surface area contributed by atoms with Gasteiger partial charge < -0.3 is 5.32 Å². The summed E-state index contributed by atoms with van der Waals surface area (Å²) >= 11 is 5.15. The Morgan fingerprint density at radius 3 is 2.86 bits per heavy atom. The van der Waals surface area contributed by atoms with Gasteiger partial charge in [-0.25, -0.2) is 4.68 Å². The summed E-state index contributed by atoms with van der Waals surface area (Å²) in [6.45, 7) is 6.93. The minimum atomic E-state index is -0.0805. The Hall–Kier alpha value is -1.14. The van der Waals surface area contributed by atoms with Crippen molar-refractivity contribution in [1.29, 1.82) is 0 Å². The fourth-order valence-corrected chi connectivity index (χ4v) is 3.32. The minimum Gasteiger partial charge on any atom is -0.375 e. The molecule has 114 valence electrons. The molecule has 1 atom stereocenters. The van der Waals surface area contributed by atoms with Crippen LogP contribution in [0.15, 0.2) is 27.6 Å². The van der Waals surface area contributed by atoms with Crippen molar-refractivity contribution in [1.82, 2.24) is 9.78 Å². The monoisotopic (exact) mass is 369 g/mol. The lowest BCUT2D eigenvalue weighted by Crippen LogP contribution is -2.25. The van der Waals surface area contributed by atoms with Crippen molar-refractivity contribution in [3.05, 3.63) is 42.9 Å². The molecule has 0 radical (unpaired) electrons. The summed E-state index contributed by atoms with van der Waals surface area (Å²) in [4.78, 5) is 14.8. The average Bonchev–Trinajstić information content (AvgIpc) is 2.90. The van der Waals surface area contributed by atoms with Gasteiger partial charge in [0.1, 0.15) is 4.47 Å². The first kappa shape index (κ1) is 16.2. The first-order valence-electron chi connectivity index (χ1n) is 7.11. The van der Waals surface area contributed by atoms with E-state index in [1.165, 1.54) is 14.4 Å². The molecule has 2 aromatic rings. The molecule has 6 heteroatoms. The Morgan fingerprint density at radius 1 is 1.48 bits per heavy atom. The quantitative estimate of drug-likeness (QED) is 0.823. The number of aromatic nitrogens is 2. The van der Waals surface area contributed by atoms with E-state index in [-0.39, 0.29) is 11.6 Å². The van der Waals surface area contributed by atoms with Crippen molar-refractivity contribution < 1.29 is 0 Å². The summed E-state index contributed by atoms with van der Waals surface area (Å²) in [5, 5.41) is 7.60. The Bertz CT molecular complexity index is 665. The van der Waals surface area contributed by atoms with Gasteiger partial charge in [0, 0.05) is 16.3 Å². The van der Waals surface area contributed by atoms with Crippen molar-refractivity contribution in [3.63, 3.8) is 0 Å².